The predicted octanol–water partition coefficient (Wildman–Crippen LogP) is 3.87. The van der Waals surface area contributed by atoms with E-state index in [9.17, 15) is 4.79 Å². The number of esters is 1. The highest BCUT2D eigenvalue weighted by atomic mass is 35.5. The van der Waals surface area contributed by atoms with Crippen molar-refractivity contribution in [1.29, 1.82) is 0 Å². The van der Waals surface area contributed by atoms with Crippen LogP contribution in [0.5, 0.6) is 5.75 Å². The van der Waals surface area contributed by atoms with Crippen LogP contribution in [0.3, 0.4) is 0 Å². The van der Waals surface area contributed by atoms with Gasteiger partial charge in [0.1, 0.15) is 5.75 Å². The minimum atomic E-state index is -0.414. The zero-order valence-corrected chi connectivity index (χ0v) is 16.2. The number of hydrogen-bond acceptors (Lipinski definition) is 4. The number of nitrogens with one attached hydrogen (secondary N) is 2. The Kier molecular flexibility index (Phi) is 7.08. The lowest BCUT2D eigenvalue weighted by molar-refractivity contribution is -0.139. The highest BCUT2D eigenvalue weighted by Gasteiger charge is 2.32. The molecule has 1 aliphatic rings. The van der Waals surface area contributed by atoms with E-state index in [1.807, 2.05) is 19.9 Å². The largest absolute Gasteiger partial charge is 0.492 e. The molecule has 1 heterocycles. The zero-order chi connectivity index (χ0) is 18.4. The molecule has 1 aromatic rings. The van der Waals surface area contributed by atoms with Crippen LogP contribution in [-0.4, -0.2) is 24.3 Å². The van der Waals surface area contributed by atoms with Crippen molar-refractivity contribution in [3.63, 3.8) is 0 Å². The van der Waals surface area contributed by atoms with Crippen LogP contribution in [0.2, 0.25) is 5.02 Å². The first kappa shape index (κ1) is 19.5. The Bertz CT molecular complexity index is 691. The summed E-state index contributed by atoms with van der Waals surface area (Å²) in [4.78, 5) is 12.6. The van der Waals surface area contributed by atoms with Crippen LogP contribution in [0.15, 0.2) is 29.5 Å². The molecule has 5 nitrogen and oxygen atoms in total. The highest BCUT2D eigenvalue weighted by molar-refractivity contribution is 7.80. The number of rotatable bonds is 7. The fraction of sp³-hybridized carbons (Fsp3) is 0.444. The molecule has 0 radical (unpaired) electrons. The quantitative estimate of drug-likeness (QED) is 0.551. The number of benzene rings is 1. The Hall–Kier alpha value is -1.79. The number of halogens is 1. The normalized spacial score (nSPS) is 17.0. The van der Waals surface area contributed by atoms with Gasteiger partial charge in [-0.15, -0.1) is 0 Å². The second kappa shape index (κ2) is 9.06. The van der Waals surface area contributed by atoms with Crippen LogP contribution in [0, 0.1) is 0 Å². The van der Waals surface area contributed by atoms with Gasteiger partial charge in [0.25, 0.3) is 0 Å². The Morgan fingerprint density at radius 2 is 2.04 bits per heavy atom. The molecule has 0 saturated heterocycles. The van der Waals surface area contributed by atoms with E-state index in [1.165, 1.54) is 0 Å². The van der Waals surface area contributed by atoms with Crippen molar-refractivity contribution in [2.75, 3.05) is 13.2 Å². The highest BCUT2D eigenvalue weighted by Crippen LogP contribution is 2.34. The summed E-state index contributed by atoms with van der Waals surface area (Å²) in [5.41, 5.74) is 2.16. The first-order chi connectivity index (χ1) is 12.0. The van der Waals surface area contributed by atoms with Crippen LogP contribution < -0.4 is 15.4 Å². The summed E-state index contributed by atoms with van der Waals surface area (Å²) in [6, 6.07) is 5.06. The van der Waals surface area contributed by atoms with Gasteiger partial charge in [0.2, 0.25) is 0 Å². The van der Waals surface area contributed by atoms with Crippen molar-refractivity contribution in [3.05, 3.63) is 40.1 Å². The molecule has 2 rings (SSSR count). The third kappa shape index (κ3) is 4.64. The van der Waals surface area contributed by atoms with Crippen molar-refractivity contribution >= 4 is 34.9 Å². The van der Waals surface area contributed by atoms with E-state index in [0.717, 1.165) is 17.7 Å². The number of allylic oxidation sites excluding steroid dienone is 1. The summed E-state index contributed by atoms with van der Waals surface area (Å²) >= 11 is 11.6. The summed E-state index contributed by atoms with van der Waals surface area (Å²) in [5.74, 6) is 0.253. The average molecular weight is 383 g/mol. The van der Waals surface area contributed by atoms with Crippen LogP contribution in [-0.2, 0) is 9.53 Å². The molecule has 0 unspecified atom stereocenters. The SMILES string of the molecule is CCCC1=C(C(=O)OCC)[C@@H](c2ccc(OCC)c(Cl)c2)NC(=S)N1. The second-order valence-electron chi connectivity index (χ2n) is 5.52. The molecule has 0 saturated carbocycles. The summed E-state index contributed by atoms with van der Waals surface area (Å²) in [5, 5.41) is 7.22. The Balaban J connectivity index is 2.47. The van der Waals surface area contributed by atoms with Gasteiger partial charge in [-0.2, -0.15) is 0 Å². The molecule has 1 aromatic carbocycles. The van der Waals surface area contributed by atoms with Crippen LogP contribution in [0.25, 0.3) is 0 Å². The fourth-order valence-electron chi connectivity index (χ4n) is 2.73. The maximum atomic E-state index is 12.6. The van der Waals surface area contributed by atoms with Crippen molar-refractivity contribution < 1.29 is 14.3 Å². The van der Waals surface area contributed by atoms with Crippen molar-refractivity contribution in [2.45, 2.75) is 39.7 Å². The van der Waals surface area contributed by atoms with E-state index in [1.54, 1.807) is 19.1 Å². The van der Waals surface area contributed by atoms with Gasteiger partial charge in [0.15, 0.2) is 5.11 Å². The predicted molar refractivity (Wildman–Crippen MR) is 103 cm³/mol. The van der Waals surface area contributed by atoms with E-state index in [-0.39, 0.29) is 5.97 Å². The van der Waals surface area contributed by atoms with Crippen LogP contribution in [0.1, 0.15) is 45.2 Å². The molecule has 0 fully saturated rings. The minimum Gasteiger partial charge on any atom is -0.492 e. The monoisotopic (exact) mass is 382 g/mol. The van der Waals surface area contributed by atoms with Gasteiger partial charge >= 0.3 is 5.97 Å². The molecule has 0 aliphatic carbocycles. The Labute approximate surface area is 158 Å². The van der Waals surface area contributed by atoms with Gasteiger partial charge in [0, 0.05) is 5.70 Å². The summed E-state index contributed by atoms with van der Waals surface area (Å²) in [6.45, 7) is 6.57. The maximum Gasteiger partial charge on any atom is 0.338 e. The van der Waals surface area contributed by atoms with Crippen molar-refractivity contribution in [3.8, 4) is 5.75 Å². The van der Waals surface area contributed by atoms with E-state index in [4.69, 9.17) is 33.3 Å². The van der Waals surface area contributed by atoms with Crippen LogP contribution in [0.4, 0.5) is 0 Å². The molecule has 1 aliphatic heterocycles. The van der Waals surface area contributed by atoms with Crippen molar-refractivity contribution in [1.82, 2.24) is 10.6 Å². The van der Waals surface area contributed by atoms with Gasteiger partial charge in [0.05, 0.1) is 29.9 Å². The Morgan fingerprint density at radius 3 is 2.64 bits per heavy atom. The third-order valence-electron chi connectivity index (χ3n) is 3.74. The van der Waals surface area contributed by atoms with Crippen molar-refractivity contribution in [2.24, 2.45) is 0 Å². The average Bonchev–Trinajstić information content (AvgIpc) is 2.56. The molecule has 2 N–H and O–H groups in total. The Morgan fingerprint density at radius 1 is 1.28 bits per heavy atom. The van der Waals surface area contributed by atoms with E-state index < -0.39 is 6.04 Å². The smallest absolute Gasteiger partial charge is 0.338 e. The van der Waals surface area contributed by atoms with Gasteiger partial charge < -0.3 is 20.1 Å². The lowest BCUT2D eigenvalue weighted by Gasteiger charge is -2.31. The molecule has 1 atom stereocenters. The molecule has 0 aromatic heterocycles. The molecular weight excluding hydrogens is 360 g/mol. The van der Waals surface area contributed by atoms with E-state index in [2.05, 4.69) is 10.6 Å². The summed E-state index contributed by atoms with van der Waals surface area (Å²) in [7, 11) is 0. The first-order valence-electron chi connectivity index (χ1n) is 8.41. The molecule has 0 amide bonds. The zero-order valence-electron chi connectivity index (χ0n) is 14.6. The number of thiocarbonyl (C=S) groups is 1. The lowest BCUT2D eigenvalue weighted by atomic mass is 9.94. The first-order valence-corrected chi connectivity index (χ1v) is 9.20. The molecular formula is C18H23ClN2O3S. The third-order valence-corrected chi connectivity index (χ3v) is 4.25. The fourth-order valence-corrected chi connectivity index (χ4v) is 3.22. The van der Waals surface area contributed by atoms with Gasteiger partial charge in [-0.3, -0.25) is 0 Å². The number of carbonyl (C=O) groups excluding carboxylic acids is 1. The minimum absolute atomic E-state index is 0.308. The standard InChI is InChI=1S/C18H23ClN2O3S/c1-4-7-13-15(17(22)24-6-3)16(21-18(25)20-13)11-8-9-14(23-5-2)12(19)10-11/h8-10,16H,4-7H2,1-3H3,(H2,20,21,25)/t16-/m1/s1. The maximum absolute atomic E-state index is 12.6. The van der Waals surface area contributed by atoms with Gasteiger partial charge in [-0.1, -0.05) is 31.0 Å². The molecule has 136 valence electrons. The van der Waals surface area contributed by atoms with E-state index in [0.29, 0.717) is 41.1 Å². The summed E-state index contributed by atoms with van der Waals surface area (Å²) in [6.07, 6.45) is 1.59. The lowest BCUT2D eigenvalue weighted by Crippen LogP contribution is -2.45. The molecule has 7 heteroatoms. The number of ether oxygens (including phenoxy) is 2. The topological polar surface area (TPSA) is 59.6 Å². The van der Waals surface area contributed by atoms with E-state index >= 15 is 0 Å². The molecule has 25 heavy (non-hydrogen) atoms. The number of carbonyl (C=O) groups is 1. The molecule has 0 spiro atoms. The van der Waals surface area contributed by atoms with Crippen LogP contribution >= 0.6 is 23.8 Å². The van der Waals surface area contributed by atoms with Gasteiger partial charge in [-0.05, 0) is 50.2 Å². The molecule has 0 bridgehead atoms. The second-order valence-corrected chi connectivity index (χ2v) is 6.33. The summed E-state index contributed by atoms with van der Waals surface area (Å²) < 4.78 is 10.7. The number of hydrogen-bond donors (Lipinski definition) is 2. The van der Waals surface area contributed by atoms with Gasteiger partial charge in [-0.25, -0.2) is 4.79 Å².